The maximum Gasteiger partial charge on any atom is 0.342 e. The number of nitro benzene ring substituents is 1. The van der Waals surface area contributed by atoms with Gasteiger partial charge in [-0.2, -0.15) is 0 Å². The van der Waals surface area contributed by atoms with E-state index in [9.17, 15) is 19.3 Å². The molecule has 0 saturated heterocycles. The molecule has 0 aliphatic carbocycles. The highest BCUT2D eigenvalue weighted by Gasteiger charge is 2.21. The second-order valence-electron chi connectivity index (χ2n) is 3.77. The minimum absolute atomic E-state index is 0.183. The van der Waals surface area contributed by atoms with Gasteiger partial charge in [-0.05, 0) is 17.7 Å². The third-order valence-electron chi connectivity index (χ3n) is 2.61. The summed E-state index contributed by atoms with van der Waals surface area (Å²) in [5.74, 6) is -1.92. The summed E-state index contributed by atoms with van der Waals surface area (Å²) in [5.41, 5.74) is -0.546. The highest BCUT2D eigenvalue weighted by molar-refractivity contribution is 5.93. The standard InChI is InChI=1S/C13H8FNO4/c14-11-4-2-1-3-9(11)8-5-6-10(13(16)17)12(7-8)15(18)19/h1-7H,(H,16,17). The van der Waals surface area contributed by atoms with E-state index in [4.69, 9.17) is 5.11 Å². The maximum absolute atomic E-state index is 13.6. The molecule has 0 unspecified atom stereocenters. The van der Waals surface area contributed by atoms with E-state index in [1.54, 1.807) is 6.07 Å². The fourth-order valence-electron chi connectivity index (χ4n) is 1.73. The van der Waals surface area contributed by atoms with E-state index in [1.807, 2.05) is 0 Å². The first-order chi connectivity index (χ1) is 9.00. The number of hydrogen-bond acceptors (Lipinski definition) is 3. The zero-order chi connectivity index (χ0) is 14.0. The van der Waals surface area contributed by atoms with Crippen molar-refractivity contribution in [3.05, 3.63) is 64.0 Å². The van der Waals surface area contributed by atoms with Crippen LogP contribution >= 0.6 is 0 Å². The molecule has 0 aromatic heterocycles. The lowest BCUT2D eigenvalue weighted by Gasteiger charge is -2.04. The van der Waals surface area contributed by atoms with Gasteiger partial charge in [-0.25, -0.2) is 9.18 Å². The van der Waals surface area contributed by atoms with Crippen LogP contribution < -0.4 is 0 Å². The first-order valence-electron chi connectivity index (χ1n) is 5.27. The van der Waals surface area contributed by atoms with Gasteiger partial charge in [0.05, 0.1) is 4.92 Å². The van der Waals surface area contributed by atoms with Crippen LogP contribution in [-0.4, -0.2) is 16.0 Å². The van der Waals surface area contributed by atoms with E-state index >= 15 is 0 Å². The number of carboxylic acid groups (broad SMARTS) is 1. The molecule has 2 aromatic carbocycles. The molecule has 0 saturated carbocycles. The van der Waals surface area contributed by atoms with Crippen molar-refractivity contribution in [3.8, 4) is 11.1 Å². The maximum atomic E-state index is 13.6. The van der Waals surface area contributed by atoms with Crippen LogP contribution in [0, 0.1) is 15.9 Å². The number of nitrogens with zero attached hydrogens (tertiary/aromatic N) is 1. The zero-order valence-corrected chi connectivity index (χ0v) is 9.54. The van der Waals surface area contributed by atoms with Gasteiger partial charge >= 0.3 is 5.97 Å². The predicted octanol–water partition coefficient (Wildman–Crippen LogP) is 3.10. The van der Waals surface area contributed by atoms with Crippen molar-refractivity contribution < 1.29 is 19.2 Å². The van der Waals surface area contributed by atoms with Crippen LogP contribution in [0.5, 0.6) is 0 Å². The van der Waals surface area contributed by atoms with E-state index < -0.39 is 28.0 Å². The van der Waals surface area contributed by atoms with Gasteiger partial charge in [0.25, 0.3) is 5.69 Å². The molecule has 0 amide bonds. The molecule has 0 aliphatic rings. The summed E-state index contributed by atoms with van der Waals surface area (Å²) in [6.45, 7) is 0. The Labute approximate surface area is 107 Å². The van der Waals surface area contributed by atoms with Gasteiger partial charge in [-0.1, -0.05) is 24.3 Å². The smallest absolute Gasteiger partial charge is 0.342 e. The lowest BCUT2D eigenvalue weighted by molar-refractivity contribution is -0.385. The van der Waals surface area contributed by atoms with Crippen molar-refractivity contribution in [1.29, 1.82) is 0 Å². The van der Waals surface area contributed by atoms with E-state index in [0.717, 1.165) is 12.1 Å². The van der Waals surface area contributed by atoms with Crippen LogP contribution in [0.25, 0.3) is 11.1 Å². The molecule has 6 heteroatoms. The Morgan fingerprint density at radius 1 is 1.21 bits per heavy atom. The average molecular weight is 261 g/mol. The van der Waals surface area contributed by atoms with Gasteiger partial charge < -0.3 is 5.11 Å². The molecule has 0 fully saturated rings. The second kappa shape index (κ2) is 4.85. The van der Waals surface area contributed by atoms with Crippen LogP contribution in [-0.2, 0) is 0 Å². The molecule has 0 heterocycles. The van der Waals surface area contributed by atoms with Crippen LogP contribution in [0.3, 0.4) is 0 Å². The fraction of sp³-hybridized carbons (Fsp3) is 0. The number of carboxylic acids is 1. The molecule has 19 heavy (non-hydrogen) atoms. The van der Waals surface area contributed by atoms with E-state index in [1.165, 1.54) is 24.3 Å². The SMILES string of the molecule is O=C(O)c1ccc(-c2ccccc2F)cc1[N+](=O)[O-]. The summed E-state index contributed by atoms with van der Waals surface area (Å²) in [6, 6.07) is 9.29. The normalized spacial score (nSPS) is 10.2. The fourth-order valence-corrected chi connectivity index (χ4v) is 1.73. The Morgan fingerprint density at radius 2 is 1.89 bits per heavy atom. The van der Waals surface area contributed by atoms with Gasteiger partial charge in [-0.15, -0.1) is 0 Å². The molecule has 1 N–H and O–H groups in total. The monoisotopic (exact) mass is 261 g/mol. The average Bonchev–Trinajstić information content (AvgIpc) is 2.38. The second-order valence-corrected chi connectivity index (χ2v) is 3.77. The lowest BCUT2D eigenvalue weighted by atomic mass is 10.0. The molecule has 2 aromatic rings. The number of halogens is 1. The summed E-state index contributed by atoms with van der Waals surface area (Å²) >= 11 is 0. The summed E-state index contributed by atoms with van der Waals surface area (Å²) in [7, 11) is 0. The number of benzene rings is 2. The van der Waals surface area contributed by atoms with Crippen LogP contribution in [0.2, 0.25) is 0 Å². The molecular weight excluding hydrogens is 253 g/mol. The molecule has 0 aliphatic heterocycles. The highest BCUT2D eigenvalue weighted by atomic mass is 19.1. The molecule has 0 radical (unpaired) electrons. The number of rotatable bonds is 3. The summed E-state index contributed by atoms with van der Waals surface area (Å²) in [4.78, 5) is 20.9. The molecule has 96 valence electrons. The Morgan fingerprint density at radius 3 is 2.47 bits per heavy atom. The third-order valence-corrected chi connectivity index (χ3v) is 2.61. The molecule has 0 atom stereocenters. The van der Waals surface area contributed by atoms with Crippen molar-refractivity contribution in [1.82, 2.24) is 0 Å². The minimum Gasteiger partial charge on any atom is -0.477 e. The number of aromatic carboxylic acids is 1. The quantitative estimate of drug-likeness (QED) is 0.680. The number of hydrogen-bond donors (Lipinski definition) is 1. The Bertz CT molecular complexity index is 669. The number of nitro groups is 1. The van der Waals surface area contributed by atoms with Crippen molar-refractivity contribution in [2.45, 2.75) is 0 Å². The first-order valence-corrected chi connectivity index (χ1v) is 5.27. The Hall–Kier alpha value is -2.76. The topological polar surface area (TPSA) is 80.4 Å². The first kappa shape index (κ1) is 12.7. The summed E-state index contributed by atoms with van der Waals surface area (Å²) in [5, 5.41) is 19.7. The predicted molar refractivity (Wildman–Crippen MR) is 65.4 cm³/mol. The van der Waals surface area contributed by atoms with E-state index in [0.29, 0.717) is 0 Å². The zero-order valence-electron chi connectivity index (χ0n) is 9.54. The van der Waals surface area contributed by atoms with Gasteiger partial charge in [0, 0.05) is 11.6 Å². The molecule has 0 spiro atoms. The number of carbonyl (C=O) groups is 1. The van der Waals surface area contributed by atoms with Crippen molar-refractivity contribution >= 4 is 11.7 Å². The molecule has 0 bridgehead atoms. The van der Waals surface area contributed by atoms with Crippen molar-refractivity contribution in [3.63, 3.8) is 0 Å². The van der Waals surface area contributed by atoms with Gasteiger partial charge in [0.2, 0.25) is 0 Å². The molecule has 2 rings (SSSR count). The summed E-state index contributed by atoms with van der Waals surface area (Å²) in [6.07, 6.45) is 0. The van der Waals surface area contributed by atoms with Gasteiger partial charge in [-0.3, -0.25) is 10.1 Å². The van der Waals surface area contributed by atoms with Gasteiger partial charge in [0.1, 0.15) is 11.4 Å². The van der Waals surface area contributed by atoms with Crippen LogP contribution in [0.15, 0.2) is 42.5 Å². The Kier molecular flexibility index (Phi) is 3.24. The lowest BCUT2D eigenvalue weighted by Crippen LogP contribution is -2.02. The van der Waals surface area contributed by atoms with E-state index in [-0.39, 0.29) is 11.1 Å². The van der Waals surface area contributed by atoms with Gasteiger partial charge in [0.15, 0.2) is 0 Å². The Balaban J connectivity index is 2.62. The minimum atomic E-state index is -1.40. The van der Waals surface area contributed by atoms with Crippen LogP contribution in [0.4, 0.5) is 10.1 Å². The highest BCUT2D eigenvalue weighted by Crippen LogP contribution is 2.28. The third kappa shape index (κ3) is 2.42. The van der Waals surface area contributed by atoms with Crippen molar-refractivity contribution in [2.75, 3.05) is 0 Å². The molecular formula is C13H8FNO4. The molecule has 5 nitrogen and oxygen atoms in total. The van der Waals surface area contributed by atoms with Crippen molar-refractivity contribution in [2.24, 2.45) is 0 Å². The van der Waals surface area contributed by atoms with Crippen LogP contribution in [0.1, 0.15) is 10.4 Å². The summed E-state index contributed by atoms with van der Waals surface area (Å²) < 4.78 is 13.6. The van der Waals surface area contributed by atoms with E-state index in [2.05, 4.69) is 0 Å². The largest absolute Gasteiger partial charge is 0.477 e.